The minimum atomic E-state index is -4.15. The predicted octanol–water partition coefficient (Wildman–Crippen LogP) is 2.98. The van der Waals surface area contributed by atoms with Crippen molar-refractivity contribution in [2.24, 2.45) is 0 Å². The van der Waals surface area contributed by atoms with E-state index in [0.717, 1.165) is 23.7 Å². The first-order chi connectivity index (χ1) is 17.9. The molecule has 37 heavy (non-hydrogen) atoms. The van der Waals surface area contributed by atoms with Gasteiger partial charge < -0.3 is 20.2 Å². The van der Waals surface area contributed by atoms with Crippen molar-refractivity contribution in [2.75, 3.05) is 24.2 Å². The lowest BCUT2D eigenvalue weighted by molar-refractivity contribution is -0.134. The molecule has 0 radical (unpaired) electrons. The van der Waals surface area contributed by atoms with Gasteiger partial charge in [-0.3, -0.25) is 9.59 Å². The maximum Gasteiger partial charge on any atom is 0.295 e. The largest absolute Gasteiger partial charge is 0.394 e. The number of para-hydroxylation sites is 2. The van der Waals surface area contributed by atoms with Crippen LogP contribution >= 0.6 is 0 Å². The fourth-order valence-electron chi connectivity index (χ4n) is 4.12. The van der Waals surface area contributed by atoms with Crippen molar-refractivity contribution in [3.05, 3.63) is 90.5 Å². The molecule has 0 spiro atoms. The molecule has 1 fully saturated rings. The summed E-state index contributed by atoms with van der Waals surface area (Å²) < 4.78 is 27.8. The van der Waals surface area contributed by atoms with E-state index in [-0.39, 0.29) is 35.6 Å². The molecule has 194 valence electrons. The molecule has 1 aliphatic heterocycles. The standard InChI is InChI=1S/C27H29N3O6S/c31-20-23-11-7-8-18-29(23)26(32)19-28-27(33)21-14-16-25(17-15-21)37(34,35)30(22-9-3-1-4-10-22)36-24-12-5-2-6-13-24/h1-6,9-10,12-17,23,31H,7-8,11,18-20H2,(H,28,33). The zero-order valence-corrected chi connectivity index (χ0v) is 21.0. The second-order valence-electron chi connectivity index (χ2n) is 8.60. The Kier molecular flexibility index (Phi) is 8.42. The molecular formula is C27H29N3O6S. The Labute approximate surface area is 216 Å². The Morgan fingerprint density at radius 1 is 0.946 bits per heavy atom. The SMILES string of the molecule is O=C(NCC(=O)N1CCCCC1CO)c1ccc(S(=O)(=O)N(Oc2ccccc2)c2ccccc2)cc1. The molecule has 0 aromatic heterocycles. The van der Waals surface area contributed by atoms with Crippen molar-refractivity contribution in [2.45, 2.75) is 30.2 Å². The molecule has 0 saturated carbocycles. The van der Waals surface area contributed by atoms with Crippen LogP contribution in [0.15, 0.2) is 89.8 Å². The van der Waals surface area contributed by atoms with Crippen molar-refractivity contribution in [1.82, 2.24) is 10.2 Å². The number of sulfonamides is 1. The number of hydrogen-bond donors (Lipinski definition) is 2. The van der Waals surface area contributed by atoms with Gasteiger partial charge in [0.15, 0.2) is 5.75 Å². The smallest absolute Gasteiger partial charge is 0.295 e. The molecule has 3 aromatic carbocycles. The number of rotatable bonds is 9. The van der Waals surface area contributed by atoms with E-state index < -0.39 is 15.9 Å². The van der Waals surface area contributed by atoms with Crippen LogP contribution in [0.4, 0.5) is 5.69 Å². The van der Waals surface area contributed by atoms with Crippen LogP contribution in [0.25, 0.3) is 0 Å². The van der Waals surface area contributed by atoms with Crippen LogP contribution in [0.1, 0.15) is 29.6 Å². The maximum atomic E-state index is 13.5. The number of likely N-dealkylation sites (tertiary alicyclic amines) is 1. The van der Waals surface area contributed by atoms with Gasteiger partial charge >= 0.3 is 0 Å². The molecule has 1 aliphatic rings. The molecule has 2 amide bonds. The van der Waals surface area contributed by atoms with Crippen LogP contribution in [0.2, 0.25) is 0 Å². The van der Waals surface area contributed by atoms with Gasteiger partial charge in [0.05, 0.1) is 29.8 Å². The number of nitrogens with one attached hydrogen (secondary N) is 1. The normalized spacial score (nSPS) is 15.6. The lowest BCUT2D eigenvalue weighted by Crippen LogP contribution is -2.49. The Balaban J connectivity index is 1.47. The Bertz CT molecular complexity index is 1300. The Hall–Kier alpha value is -3.89. The Morgan fingerprint density at radius 3 is 2.24 bits per heavy atom. The average Bonchev–Trinajstić information content (AvgIpc) is 2.95. The van der Waals surface area contributed by atoms with Gasteiger partial charge in [-0.15, -0.1) is 0 Å². The Morgan fingerprint density at radius 2 is 1.59 bits per heavy atom. The molecular weight excluding hydrogens is 494 g/mol. The first kappa shape index (κ1) is 26.2. The lowest BCUT2D eigenvalue weighted by Gasteiger charge is -2.34. The maximum absolute atomic E-state index is 13.5. The van der Waals surface area contributed by atoms with Crippen LogP contribution in [-0.4, -0.2) is 56.0 Å². The third-order valence-electron chi connectivity index (χ3n) is 6.09. The topological polar surface area (TPSA) is 116 Å². The highest BCUT2D eigenvalue weighted by atomic mass is 32.2. The predicted molar refractivity (Wildman–Crippen MR) is 138 cm³/mol. The summed E-state index contributed by atoms with van der Waals surface area (Å²) in [5.74, 6) is -0.425. The zero-order valence-electron chi connectivity index (χ0n) is 20.2. The third kappa shape index (κ3) is 6.28. The van der Waals surface area contributed by atoms with E-state index in [1.165, 1.54) is 24.3 Å². The molecule has 1 heterocycles. The lowest BCUT2D eigenvalue weighted by atomic mass is 10.0. The number of anilines is 1. The van der Waals surface area contributed by atoms with Crippen LogP contribution in [-0.2, 0) is 14.8 Å². The molecule has 1 atom stereocenters. The molecule has 1 unspecified atom stereocenters. The quantitative estimate of drug-likeness (QED) is 0.417. The summed E-state index contributed by atoms with van der Waals surface area (Å²) in [5, 5.41) is 12.1. The minimum absolute atomic E-state index is 0.0704. The molecule has 10 heteroatoms. The average molecular weight is 524 g/mol. The second kappa shape index (κ2) is 11.9. The highest BCUT2D eigenvalue weighted by molar-refractivity contribution is 7.92. The number of amides is 2. The van der Waals surface area contributed by atoms with E-state index in [2.05, 4.69) is 5.32 Å². The molecule has 0 aliphatic carbocycles. The molecule has 4 rings (SSSR count). The first-order valence-electron chi connectivity index (χ1n) is 12.0. The summed E-state index contributed by atoms with van der Waals surface area (Å²) in [6.07, 6.45) is 2.55. The van der Waals surface area contributed by atoms with Crippen molar-refractivity contribution >= 4 is 27.5 Å². The number of aliphatic hydroxyl groups excluding tert-OH is 1. The highest BCUT2D eigenvalue weighted by Crippen LogP contribution is 2.26. The highest BCUT2D eigenvalue weighted by Gasteiger charge is 2.28. The van der Waals surface area contributed by atoms with Gasteiger partial charge in [0.1, 0.15) is 0 Å². The van der Waals surface area contributed by atoms with Crippen LogP contribution < -0.4 is 14.6 Å². The summed E-state index contributed by atoms with van der Waals surface area (Å²) in [6, 6.07) is 22.1. The fraction of sp³-hybridized carbons (Fsp3) is 0.259. The first-order valence-corrected chi connectivity index (χ1v) is 13.5. The minimum Gasteiger partial charge on any atom is -0.394 e. The van der Waals surface area contributed by atoms with Gasteiger partial charge in [-0.1, -0.05) is 40.9 Å². The van der Waals surface area contributed by atoms with E-state index in [1.807, 2.05) is 0 Å². The van der Waals surface area contributed by atoms with Crippen LogP contribution in [0.3, 0.4) is 0 Å². The number of piperidine rings is 1. The van der Waals surface area contributed by atoms with Gasteiger partial charge in [-0.2, -0.15) is 8.42 Å². The fourth-order valence-corrected chi connectivity index (χ4v) is 5.37. The molecule has 0 bridgehead atoms. The molecule has 9 nitrogen and oxygen atoms in total. The number of nitrogens with zero attached hydrogens (tertiary/aromatic N) is 2. The third-order valence-corrected chi connectivity index (χ3v) is 7.68. The van der Waals surface area contributed by atoms with Crippen LogP contribution in [0, 0.1) is 0 Å². The monoisotopic (exact) mass is 523 g/mol. The number of carbonyl (C=O) groups excluding carboxylic acids is 2. The van der Waals surface area contributed by atoms with Crippen molar-refractivity contribution in [3.63, 3.8) is 0 Å². The summed E-state index contributed by atoms with van der Waals surface area (Å²) in [4.78, 5) is 32.4. The summed E-state index contributed by atoms with van der Waals surface area (Å²) >= 11 is 0. The van der Waals surface area contributed by atoms with E-state index in [4.69, 9.17) is 4.84 Å². The van der Waals surface area contributed by atoms with E-state index >= 15 is 0 Å². The van der Waals surface area contributed by atoms with Gasteiger partial charge in [-0.05, 0) is 67.8 Å². The number of aliphatic hydroxyl groups is 1. The summed E-state index contributed by atoms with van der Waals surface area (Å²) in [7, 11) is -4.15. The van der Waals surface area contributed by atoms with Gasteiger partial charge in [-0.25, -0.2) is 0 Å². The van der Waals surface area contributed by atoms with Crippen molar-refractivity contribution in [3.8, 4) is 5.75 Å². The summed E-state index contributed by atoms with van der Waals surface area (Å²) in [6.45, 7) is 0.237. The van der Waals surface area contributed by atoms with Crippen molar-refractivity contribution in [1.29, 1.82) is 0 Å². The van der Waals surface area contributed by atoms with Gasteiger partial charge in [0, 0.05) is 12.1 Å². The second-order valence-corrected chi connectivity index (χ2v) is 10.4. The zero-order chi connectivity index (χ0) is 26.3. The number of benzene rings is 3. The van der Waals surface area contributed by atoms with E-state index in [9.17, 15) is 23.1 Å². The number of hydrogen-bond acceptors (Lipinski definition) is 6. The summed E-state index contributed by atoms with van der Waals surface area (Å²) in [5.41, 5.74) is 0.518. The van der Waals surface area contributed by atoms with Gasteiger partial charge in [0.25, 0.3) is 15.9 Å². The molecule has 1 saturated heterocycles. The van der Waals surface area contributed by atoms with E-state index in [1.54, 1.807) is 65.6 Å². The van der Waals surface area contributed by atoms with Crippen LogP contribution in [0.5, 0.6) is 5.75 Å². The van der Waals surface area contributed by atoms with Gasteiger partial charge in [0.2, 0.25) is 5.91 Å². The molecule has 2 N–H and O–H groups in total. The van der Waals surface area contributed by atoms with Crippen molar-refractivity contribution < 1.29 is 28.0 Å². The van der Waals surface area contributed by atoms with E-state index in [0.29, 0.717) is 18.0 Å². The molecule has 3 aromatic rings. The number of carbonyl (C=O) groups is 2.